The summed E-state index contributed by atoms with van der Waals surface area (Å²) in [5.41, 5.74) is 1.22. The average molecular weight is 286 g/mol. The van der Waals surface area contributed by atoms with Gasteiger partial charge in [-0.1, -0.05) is 54.1 Å². The Labute approximate surface area is 122 Å². The van der Waals surface area contributed by atoms with Gasteiger partial charge in [-0.25, -0.2) is 4.79 Å². The van der Waals surface area contributed by atoms with Crippen LogP contribution in [0.25, 0.3) is 0 Å². The van der Waals surface area contributed by atoms with Crippen LogP contribution in [0.3, 0.4) is 0 Å². The van der Waals surface area contributed by atoms with E-state index in [0.29, 0.717) is 10.7 Å². The largest absolute Gasteiger partial charge is 0.320 e. The lowest BCUT2D eigenvalue weighted by molar-refractivity contribution is 0.250. The summed E-state index contributed by atoms with van der Waals surface area (Å²) in [6.45, 7) is 0. The van der Waals surface area contributed by atoms with Gasteiger partial charge in [0.2, 0.25) is 0 Å². The van der Waals surface area contributed by atoms with Crippen LogP contribution >= 0.6 is 11.6 Å². The van der Waals surface area contributed by atoms with Crippen LogP contribution in [0.4, 0.5) is 10.5 Å². The number of amides is 2. The number of para-hydroxylation sites is 1. The van der Waals surface area contributed by atoms with E-state index in [1.54, 1.807) is 36.4 Å². The van der Waals surface area contributed by atoms with E-state index < -0.39 is 12.1 Å². The Bertz CT molecular complexity index is 637. The number of nitriles is 1. The Morgan fingerprint density at radius 1 is 1.10 bits per heavy atom. The van der Waals surface area contributed by atoms with Gasteiger partial charge < -0.3 is 10.6 Å². The normalized spacial score (nSPS) is 11.2. The van der Waals surface area contributed by atoms with Crippen LogP contribution in [0, 0.1) is 11.3 Å². The van der Waals surface area contributed by atoms with Crippen molar-refractivity contribution in [1.82, 2.24) is 5.32 Å². The van der Waals surface area contributed by atoms with Crippen LogP contribution < -0.4 is 10.6 Å². The van der Waals surface area contributed by atoms with Gasteiger partial charge in [0.15, 0.2) is 0 Å². The van der Waals surface area contributed by atoms with Crippen LogP contribution in [0.1, 0.15) is 11.6 Å². The molecule has 0 saturated carbocycles. The molecule has 0 aromatic heterocycles. The molecule has 0 bridgehead atoms. The highest BCUT2D eigenvalue weighted by Gasteiger charge is 2.13. The molecule has 4 nitrogen and oxygen atoms in total. The minimum atomic E-state index is -0.710. The van der Waals surface area contributed by atoms with Gasteiger partial charge in [-0.2, -0.15) is 5.26 Å². The molecule has 0 aliphatic carbocycles. The van der Waals surface area contributed by atoms with Crippen LogP contribution in [-0.2, 0) is 0 Å². The molecule has 5 heteroatoms. The molecule has 1 unspecified atom stereocenters. The monoisotopic (exact) mass is 285 g/mol. The fourth-order valence-electron chi connectivity index (χ4n) is 1.69. The smallest absolute Gasteiger partial charge is 0.318 e. The topological polar surface area (TPSA) is 64.9 Å². The first-order chi connectivity index (χ1) is 9.70. The molecule has 0 heterocycles. The van der Waals surface area contributed by atoms with Crippen LogP contribution in [0.15, 0.2) is 54.6 Å². The molecule has 0 aliphatic heterocycles. The number of halogens is 1. The Balaban J connectivity index is 2.04. The fourth-order valence-corrected chi connectivity index (χ4v) is 1.87. The minimum absolute atomic E-state index is 0.441. The number of carbonyl (C=O) groups excluding carboxylic acids is 1. The lowest BCUT2D eigenvalue weighted by Gasteiger charge is -2.13. The zero-order valence-corrected chi connectivity index (χ0v) is 11.3. The van der Waals surface area contributed by atoms with Crippen LogP contribution in [-0.4, -0.2) is 6.03 Å². The number of benzene rings is 2. The third kappa shape index (κ3) is 3.50. The number of anilines is 1. The van der Waals surface area contributed by atoms with Crippen molar-refractivity contribution in [1.29, 1.82) is 5.26 Å². The molecular weight excluding hydrogens is 274 g/mol. The second-order valence-electron chi connectivity index (χ2n) is 4.05. The highest BCUT2D eigenvalue weighted by Crippen LogP contribution is 2.20. The average Bonchev–Trinajstić information content (AvgIpc) is 2.48. The second kappa shape index (κ2) is 6.60. The Hall–Kier alpha value is -2.51. The van der Waals surface area contributed by atoms with Crippen molar-refractivity contribution >= 4 is 23.3 Å². The molecule has 20 heavy (non-hydrogen) atoms. The summed E-state index contributed by atoms with van der Waals surface area (Å²) in [5, 5.41) is 14.8. The van der Waals surface area contributed by atoms with Gasteiger partial charge in [-0.3, -0.25) is 0 Å². The van der Waals surface area contributed by atoms with Gasteiger partial charge in [0.1, 0.15) is 6.04 Å². The van der Waals surface area contributed by atoms with Gasteiger partial charge in [0.05, 0.1) is 16.8 Å². The fraction of sp³-hybridized carbons (Fsp3) is 0.0667. The maximum absolute atomic E-state index is 11.9. The highest BCUT2D eigenvalue weighted by atomic mass is 35.5. The number of hydrogen-bond donors (Lipinski definition) is 2. The second-order valence-corrected chi connectivity index (χ2v) is 4.46. The van der Waals surface area contributed by atoms with E-state index in [0.717, 1.165) is 5.56 Å². The SMILES string of the molecule is N#CC(NC(=O)Nc1ccccc1Cl)c1ccccc1. The molecule has 0 spiro atoms. The van der Waals surface area contributed by atoms with E-state index in [9.17, 15) is 4.79 Å². The van der Waals surface area contributed by atoms with Crippen molar-refractivity contribution in [3.63, 3.8) is 0 Å². The molecule has 2 rings (SSSR count). The van der Waals surface area contributed by atoms with Gasteiger partial charge in [-0.05, 0) is 17.7 Å². The van der Waals surface area contributed by atoms with E-state index in [1.165, 1.54) is 0 Å². The first kappa shape index (κ1) is 13.9. The van der Waals surface area contributed by atoms with Gasteiger partial charge >= 0.3 is 6.03 Å². The number of hydrogen-bond acceptors (Lipinski definition) is 2. The summed E-state index contributed by atoms with van der Waals surface area (Å²) in [6, 6.07) is 16.8. The van der Waals surface area contributed by atoms with Crippen molar-refractivity contribution < 1.29 is 4.79 Å². The third-order valence-electron chi connectivity index (χ3n) is 2.66. The summed E-state index contributed by atoms with van der Waals surface area (Å²) in [5.74, 6) is 0. The first-order valence-electron chi connectivity index (χ1n) is 5.97. The molecule has 2 amide bonds. The lowest BCUT2D eigenvalue weighted by atomic mass is 10.1. The third-order valence-corrected chi connectivity index (χ3v) is 2.99. The summed E-state index contributed by atoms with van der Waals surface area (Å²) in [7, 11) is 0. The van der Waals surface area contributed by atoms with Gasteiger partial charge in [0.25, 0.3) is 0 Å². The predicted molar refractivity (Wildman–Crippen MR) is 78.4 cm³/mol. The maximum atomic E-state index is 11.9. The maximum Gasteiger partial charge on any atom is 0.320 e. The van der Waals surface area contributed by atoms with Crippen LogP contribution in [0.2, 0.25) is 5.02 Å². The summed E-state index contributed by atoms with van der Waals surface area (Å²) < 4.78 is 0. The minimum Gasteiger partial charge on any atom is -0.318 e. The van der Waals surface area contributed by atoms with E-state index in [4.69, 9.17) is 16.9 Å². The zero-order valence-electron chi connectivity index (χ0n) is 10.5. The summed E-state index contributed by atoms with van der Waals surface area (Å²) >= 11 is 5.95. The number of carbonyl (C=O) groups is 1. The molecule has 2 aromatic rings. The highest BCUT2D eigenvalue weighted by molar-refractivity contribution is 6.33. The molecule has 1 atom stereocenters. The van der Waals surface area contributed by atoms with E-state index >= 15 is 0 Å². The van der Waals surface area contributed by atoms with E-state index in [2.05, 4.69) is 10.6 Å². The molecule has 100 valence electrons. The molecule has 0 radical (unpaired) electrons. The summed E-state index contributed by atoms with van der Waals surface area (Å²) in [6.07, 6.45) is 0. The van der Waals surface area contributed by atoms with Crippen molar-refractivity contribution in [2.45, 2.75) is 6.04 Å². The van der Waals surface area contributed by atoms with E-state index in [1.807, 2.05) is 24.3 Å². The predicted octanol–water partition coefficient (Wildman–Crippen LogP) is 3.73. The lowest BCUT2D eigenvalue weighted by Crippen LogP contribution is -2.31. The van der Waals surface area contributed by atoms with Gasteiger partial charge in [-0.15, -0.1) is 0 Å². The van der Waals surface area contributed by atoms with Crippen molar-refractivity contribution in [3.8, 4) is 6.07 Å². The van der Waals surface area contributed by atoms with Crippen LogP contribution in [0.5, 0.6) is 0 Å². The first-order valence-corrected chi connectivity index (χ1v) is 6.35. The van der Waals surface area contributed by atoms with Crippen molar-refractivity contribution in [2.75, 3.05) is 5.32 Å². The molecule has 0 aliphatic rings. The number of nitrogens with zero attached hydrogens (tertiary/aromatic N) is 1. The summed E-state index contributed by atoms with van der Waals surface area (Å²) in [4.78, 5) is 11.9. The molecule has 2 aromatic carbocycles. The molecule has 0 fully saturated rings. The molecule has 0 saturated heterocycles. The molecule has 2 N–H and O–H groups in total. The number of urea groups is 1. The quantitative estimate of drug-likeness (QED) is 0.902. The van der Waals surface area contributed by atoms with Crippen molar-refractivity contribution in [3.05, 3.63) is 65.2 Å². The number of nitrogens with one attached hydrogen (secondary N) is 2. The zero-order chi connectivity index (χ0) is 14.4. The van der Waals surface area contributed by atoms with Gasteiger partial charge in [0, 0.05) is 0 Å². The van der Waals surface area contributed by atoms with E-state index in [-0.39, 0.29) is 0 Å². The standard InChI is InChI=1S/C15H12ClN3O/c16-12-8-4-5-9-13(12)18-15(20)19-14(10-17)11-6-2-1-3-7-11/h1-9,14H,(H2,18,19,20). The Morgan fingerprint density at radius 3 is 2.40 bits per heavy atom. The van der Waals surface area contributed by atoms with Crippen molar-refractivity contribution in [2.24, 2.45) is 0 Å². The molecular formula is C15H12ClN3O. The Kier molecular flexibility index (Phi) is 4.59. The Morgan fingerprint density at radius 2 is 1.75 bits per heavy atom. The number of rotatable bonds is 3.